The van der Waals surface area contributed by atoms with Gasteiger partial charge in [0.15, 0.2) is 0 Å². The van der Waals surface area contributed by atoms with Crippen molar-refractivity contribution in [1.82, 2.24) is 9.03 Å². The molecule has 0 unspecified atom stereocenters. The monoisotopic (exact) mass is 336 g/mol. The molecule has 10 heteroatoms. The van der Waals surface area contributed by atoms with Gasteiger partial charge >= 0.3 is 0 Å². The highest BCUT2D eigenvalue weighted by Gasteiger charge is 2.15. The number of nitrogens with zero attached hydrogens (tertiary/aromatic N) is 1. The minimum atomic E-state index is -3.58. The van der Waals surface area contributed by atoms with Gasteiger partial charge in [0.05, 0.1) is 22.0 Å². The largest absolute Gasteiger partial charge is 0.397 e. The number of nitrogen functional groups attached to an aromatic ring is 1. The molecule has 0 aliphatic heterocycles. The second-order valence-electron chi connectivity index (χ2n) is 4.48. The summed E-state index contributed by atoms with van der Waals surface area (Å²) >= 11 is 0. The Kier molecular flexibility index (Phi) is 5.56. The predicted molar refractivity (Wildman–Crippen MR) is 83.1 cm³/mol. The molecule has 21 heavy (non-hydrogen) atoms. The molecule has 0 aliphatic carbocycles. The van der Waals surface area contributed by atoms with Gasteiger partial charge < -0.3 is 11.1 Å². The van der Waals surface area contributed by atoms with Crippen molar-refractivity contribution < 1.29 is 16.8 Å². The second-order valence-corrected chi connectivity index (χ2v) is 8.67. The van der Waals surface area contributed by atoms with Crippen molar-refractivity contribution in [3.63, 3.8) is 0 Å². The first kappa shape index (κ1) is 17.7. The van der Waals surface area contributed by atoms with Gasteiger partial charge in [-0.15, -0.1) is 0 Å². The predicted octanol–water partition coefficient (Wildman–Crippen LogP) is -0.520. The second kappa shape index (κ2) is 6.60. The van der Waals surface area contributed by atoms with E-state index in [4.69, 9.17) is 5.73 Å². The van der Waals surface area contributed by atoms with Crippen LogP contribution in [-0.4, -0.2) is 54.6 Å². The van der Waals surface area contributed by atoms with Gasteiger partial charge in [-0.1, -0.05) is 0 Å². The molecule has 120 valence electrons. The number of nitrogens with one attached hydrogen (secondary N) is 2. The van der Waals surface area contributed by atoms with Crippen molar-refractivity contribution in [2.45, 2.75) is 4.90 Å². The summed E-state index contributed by atoms with van der Waals surface area (Å²) in [7, 11) is -2.70. The number of hydrogen-bond acceptors (Lipinski definition) is 6. The molecule has 1 aromatic rings. The first-order chi connectivity index (χ1) is 9.60. The molecule has 0 heterocycles. The quantitative estimate of drug-likeness (QED) is 0.576. The van der Waals surface area contributed by atoms with Crippen LogP contribution in [0.15, 0.2) is 23.1 Å². The summed E-state index contributed by atoms with van der Waals surface area (Å²) in [6.45, 7) is 0.119. The van der Waals surface area contributed by atoms with E-state index in [1.54, 1.807) is 0 Å². The van der Waals surface area contributed by atoms with Gasteiger partial charge in [0.1, 0.15) is 0 Å². The minimum absolute atomic E-state index is 0.0529. The van der Waals surface area contributed by atoms with Crippen LogP contribution in [0.25, 0.3) is 0 Å². The molecule has 0 saturated heterocycles. The van der Waals surface area contributed by atoms with Gasteiger partial charge in [-0.25, -0.2) is 25.9 Å². The van der Waals surface area contributed by atoms with E-state index < -0.39 is 20.0 Å². The van der Waals surface area contributed by atoms with Crippen LogP contribution in [0.1, 0.15) is 0 Å². The summed E-state index contributed by atoms with van der Waals surface area (Å²) in [4.78, 5) is 0.0529. The summed E-state index contributed by atoms with van der Waals surface area (Å²) in [6.07, 6.45) is 0. The molecule has 8 nitrogen and oxygen atoms in total. The lowest BCUT2D eigenvalue weighted by molar-refractivity contribution is 0.521. The maximum absolute atomic E-state index is 11.7. The number of benzene rings is 1. The number of nitrogens with two attached hydrogens (primary N) is 1. The Morgan fingerprint density at radius 2 is 1.81 bits per heavy atom. The Balaban J connectivity index is 2.88. The van der Waals surface area contributed by atoms with Gasteiger partial charge in [0, 0.05) is 20.6 Å². The van der Waals surface area contributed by atoms with Crippen LogP contribution in [0.3, 0.4) is 0 Å². The van der Waals surface area contributed by atoms with Crippen molar-refractivity contribution in [2.75, 3.05) is 44.5 Å². The average Bonchev–Trinajstić information content (AvgIpc) is 2.40. The third-order valence-corrected chi connectivity index (χ3v) is 6.08. The Morgan fingerprint density at radius 1 is 1.19 bits per heavy atom. The Hall–Kier alpha value is -1.36. The molecule has 0 aliphatic rings. The topological polar surface area (TPSA) is 122 Å². The highest BCUT2D eigenvalue weighted by Crippen LogP contribution is 2.22. The van der Waals surface area contributed by atoms with Crippen LogP contribution >= 0.6 is 0 Å². The van der Waals surface area contributed by atoms with E-state index in [9.17, 15) is 16.8 Å². The normalized spacial score (nSPS) is 12.6. The molecule has 4 N–H and O–H groups in total. The minimum Gasteiger partial charge on any atom is -0.397 e. The zero-order chi connectivity index (χ0) is 16.3. The van der Waals surface area contributed by atoms with E-state index in [1.165, 1.54) is 39.3 Å². The van der Waals surface area contributed by atoms with Crippen molar-refractivity contribution >= 4 is 31.4 Å². The number of hydrogen-bond donors (Lipinski definition) is 3. The van der Waals surface area contributed by atoms with Crippen molar-refractivity contribution in [1.29, 1.82) is 0 Å². The van der Waals surface area contributed by atoms with Crippen LogP contribution in [-0.2, 0) is 20.0 Å². The first-order valence-corrected chi connectivity index (χ1v) is 9.16. The summed E-state index contributed by atoms with van der Waals surface area (Å²) in [5.74, 6) is -0.123. The third-order valence-electron chi connectivity index (χ3n) is 2.84. The smallest absolute Gasteiger partial charge is 0.240 e. The lowest BCUT2D eigenvalue weighted by Crippen LogP contribution is -2.28. The molecule has 0 atom stereocenters. The molecule has 0 spiro atoms. The van der Waals surface area contributed by atoms with Gasteiger partial charge in [-0.3, -0.25) is 0 Å². The van der Waals surface area contributed by atoms with Gasteiger partial charge in [0.2, 0.25) is 20.0 Å². The Morgan fingerprint density at radius 3 is 2.33 bits per heavy atom. The van der Waals surface area contributed by atoms with E-state index in [0.29, 0.717) is 11.4 Å². The summed E-state index contributed by atoms with van der Waals surface area (Å²) in [5.41, 5.74) is 6.46. The number of anilines is 2. The van der Waals surface area contributed by atoms with Crippen LogP contribution in [0.4, 0.5) is 11.4 Å². The highest BCUT2D eigenvalue weighted by atomic mass is 32.2. The SMILES string of the molecule is CNS(=O)(=O)c1ccc(N)c(NCCS(=O)(=O)N(C)C)c1. The maximum Gasteiger partial charge on any atom is 0.240 e. The van der Waals surface area contributed by atoms with E-state index in [0.717, 1.165) is 4.31 Å². The lowest BCUT2D eigenvalue weighted by Gasteiger charge is -2.14. The molecule has 1 aromatic carbocycles. The summed E-state index contributed by atoms with van der Waals surface area (Å²) < 4.78 is 50.0. The van der Waals surface area contributed by atoms with E-state index in [1.807, 2.05) is 0 Å². The number of rotatable bonds is 7. The van der Waals surface area contributed by atoms with E-state index >= 15 is 0 Å². The van der Waals surface area contributed by atoms with Gasteiger partial charge in [-0.2, -0.15) is 0 Å². The molecule has 1 rings (SSSR count). The van der Waals surface area contributed by atoms with Crippen molar-refractivity contribution in [3.05, 3.63) is 18.2 Å². The fourth-order valence-corrected chi connectivity index (χ4v) is 2.95. The molecule has 0 fully saturated rings. The van der Waals surface area contributed by atoms with Crippen molar-refractivity contribution in [3.8, 4) is 0 Å². The Bertz CT molecular complexity index is 699. The number of sulfonamides is 2. The fourth-order valence-electron chi connectivity index (χ4n) is 1.47. The first-order valence-electron chi connectivity index (χ1n) is 6.07. The zero-order valence-electron chi connectivity index (χ0n) is 12.1. The molecule has 0 radical (unpaired) electrons. The van der Waals surface area contributed by atoms with E-state index in [2.05, 4.69) is 10.0 Å². The molecule has 0 saturated carbocycles. The summed E-state index contributed by atoms with van der Waals surface area (Å²) in [5, 5.41) is 2.84. The molecule has 0 amide bonds. The Labute approximate surface area is 125 Å². The van der Waals surface area contributed by atoms with Gasteiger partial charge in [-0.05, 0) is 25.2 Å². The van der Waals surface area contributed by atoms with Crippen LogP contribution in [0, 0.1) is 0 Å². The van der Waals surface area contributed by atoms with Gasteiger partial charge in [0.25, 0.3) is 0 Å². The standard InChI is InChI=1S/C11H20N4O4S2/c1-13-21(18,19)9-4-5-10(12)11(8-9)14-6-7-20(16,17)15(2)3/h4-5,8,13-14H,6-7,12H2,1-3H3. The molecule has 0 aromatic heterocycles. The lowest BCUT2D eigenvalue weighted by atomic mass is 10.2. The van der Waals surface area contributed by atoms with Crippen LogP contribution in [0.2, 0.25) is 0 Å². The van der Waals surface area contributed by atoms with Crippen LogP contribution in [0.5, 0.6) is 0 Å². The molecule has 0 bridgehead atoms. The third kappa shape index (κ3) is 4.56. The highest BCUT2D eigenvalue weighted by molar-refractivity contribution is 7.89. The maximum atomic E-state index is 11.7. The molecular formula is C11H20N4O4S2. The zero-order valence-corrected chi connectivity index (χ0v) is 13.8. The summed E-state index contributed by atoms with van der Waals surface area (Å²) in [6, 6.07) is 4.19. The van der Waals surface area contributed by atoms with E-state index in [-0.39, 0.29) is 17.2 Å². The van der Waals surface area contributed by atoms with Crippen LogP contribution < -0.4 is 15.8 Å². The fraction of sp³-hybridized carbons (Fsp3) is 0.455. The van der Waals surface area contributed by atoms with Crippen molar-refractivity contribution in [2.24, 2.45) is 0 Å². The average molecular weight is 336 g/mol. The molecular weight excluding hydrogens is 316 g/mol.